The van der Waals surface area contributed by atoms with Crippen molar-refractivity contribution >= 4 is 11.6 Å². The second kappa shape index (κ2) is 6.99. The van der Waals surface area contributed by atoms with Gasteiger partial charge in [-0.1, -0.05) is 29.4 Å². The SMILES string of the molecule is O=C(NCc1ccc(C2=NOC(O)(C(F)(F)F)C2)cc1)c1ccc(F)cc1. The van der Waals surface area contributed by atoms with Gasteiger partial charge in [-0.3, -0.25) is 4.79 Å². The fourth-order valence-corrected chi connectivity index (χ4v) is 2.43. The third-order valence-corrected chi connectivity index (χ3v) is 4.00. The van der Waals surface area contributed by atoms with Gasteiger partial charge in [-0.05, 0) is 35.4 Å². The second-order valence-corrected chi connectivity index (χ2v) is 5.97. The summed E-state index contributed by atoms with van der Waals surface area (Å²) < 4.78 is 51.0. The zero-order valence-electron chi connectivity index (χ0n) is 13.8. The molecule has 1 amide bonds. The lowest BCUT2D eigenvalue weighted by atomic mass is 10.0. The highest BCUT2D eigenvalue weighted by Gasteiger charge is 2.60. The lowest BCUT2D eigenvalue weighted by Crippen LogP contribution is -2.45. The van der Waals surface area contributed by atoms with Gasteiger partial charge in [-0.15, -0.1) is 0 Å². The minimum absolute atomic E-state index is 0.0308. The maximum absolute atomic E-state index is 12.9. The van der Waals surface area contributed by atoms with E-state index in [1.165, 1.54) is 36.4 Å². The molecule has 142 valence electrons. The van der Waals surface area contributed by atoms with Crippen molar-refractivity contribution in [2.45, 2.75) is 24.9 Å². The molecule has 2 N–H and O–H groups in total. The Morgan fingerprint density at radius 1 is 1.15 bits per heavy atom. The molecule has 0 aliphatic carbocycles. The summed E-state index contributed by atoms with van der Waals surface area (Å²) in [5, 5.41) is 15.4. The van der Waals surface area contributed by atoms with E-state index in [1.54, 1.807) is 12.1 Å². The van der Waals surface area contributed by atoms with Gasteiger partial charge in [-0.2, -0.15) is 13.2 Å². The van der Waals surface area contributed by atoms with Gasteiger partial charge >= 0.3 is 12.0 Å². The number of hydrogen-bond donors (Lipinski definition) is 2. The molecule has 3 rings (SSSR count). The molecular formula is C18H14F4N2O3. The van der Waals surface area contributed by atoms with Crippen molar-refractivity contribution in [3.63, 3.8) is 0 Å². The molecule has 2 aromatic rings. The first-order valence-corrected chi connectivity index (χ1v) is 7.85. The number of nitrogens with one attached hydrogen (secondary N) is 1. The maximum Gasteiger partial charge on any atom is 0.458 e. The summed E-state index contributed by atoms with van der Waals surface area (Å²) in [5.74, 6) is -4.15. The summed E-state index contributed by atoms with van der Waals surface area (Å²) in [5.41, 5.74) is 1.33. The molecule has 27 heavy (non-hydrogen) atoms. The number of rotatable bonds is 4. The fourth-order valence-electron chi connectivity index (χ4n) is 2.43. The Morgan fingerprint density at radius 2 is 1.78 bits per heavy atom. The van der Waals surface area contributed by atoms with Crippen LogP contribution in [0.3, 0.4) is 0 Å². The summed E-state index contributed by atoms with van der Waals surface area (Å²) in [4.78, 5) is 16.1. The van der Waals surface area contributed by atoms with Crippen molar-refractivity contribution in [1.82, 2.24) is 5.32 Å². The summed E-state index contributed by atoms with van der Waals surface area (Å²) in [7, 11) is 0. The van der Waals surface area contributed by atoms with Crippen LogP contribution in [-0.4, -0.2) is 28.7 Å². The first kappa shape index (κ1) is 18.8. The normalized spacial score (nSPS) is 19.4. The van der Waals surface area contributed by atoms with E-state index in [9.17, 15) is 27.5 Å². The van der Waals surface area contributed by atoms with Crippen molar-refractivity contribution in [3.8, 4) is 0 Å². The van der Waals surface area contributed by atoms with E-state index in [2.05, 4.69) is 15.3 Å². The van der Waals surface area contributed by atoms with Gasteiger partial charge in [0.15, 0.2) is 0 Å². The van der Waals surface area contributed by atoms with Crippen LogP contribution in [0.15, 0.2) is 53.7 Å². The van der Waals surface area contributed by atoms with Gasteiger partial charge in [0.05, 0.1) is 12.1 Å². The molecule has 0 fully saturated rings. The number of carbonyl (C=O) groups excluding carboxylic acids is 1. The first-order valence-electron chi connectivity index (χ1n) is 7.85. The number of halogens is 4. The molecule has 0 radical (unpaired) electrons. The molecule has 1 aliphatic rings. The Hall–Kier alpha value is -2.94. The van der Waals surface area contributed by atoms with Gasteiger partial charge in [0.1, 0.15) is 5.82 Å². The Bertz CT molecular complexity index is 864. The minimum Gasteiger partial charge on any atom is -0.350 e. The number of aliphatic hydroxyl groups is 1. The van der Waals surface area contributed by atoms with E-state index >= 15 is 0 Å². The summed E-state index contributed by atoms with van der Waals surface area (Å²) >= 11 is 0. The van der Waals surface area contributed by atoms with E-state index in [-0.39, 0.29) is 18.2 Å². The zero-order valence-corrected chi connectivity index (χ0v) is 13.8. The van der Waals surface area contributed by atoms with Crippen LogP contribution in [0.25, 0.3) is 0 Å². The van der Waals surface area contributed by atoms with Crippen molar-refractivity contribution in [1.29, 1.82) is 0 Å². The molecule has 1 heterocycles. The van der Waals surface area contributed by atoms with Crippen LogP contribution in [0, 0.1) is 5.82 Å². The number of amides is 1. The molecule has 1 aliphatic heterocycles. The Labute approximate surface area is 151 Å². The van der Waals surface area contributed by atoms with E-state index in [0.29, 0.717) is 16.7 Å². The average molecular weight is 382 g/mol. The van der Waals surface area contributed by atoms with Crippen molar-refractivity contribution < 1.29 is 32.3 Å². The summed E-state index contributed by atoms with van der Waals surface area (Å²) in [6.07, 6.45) is -5.76. The number of oxime groups is 1. The van der Waals surface area contributed by atoms with Crippen LogP contribution >= 0.6 is 0 Å². The molecular weight excluding hydrogens is 368 g/mol. The molecule has 0 saturated carbocycles. The van der Waals surface area contributed by atoms with Crippen LogP contribution in [0.2, 0.25) is 0 Å². The monoisotopic (exact) mass is 382 g/mol. The van der Waals surface area contributed by atoms with Gasteiger partial charge in [-0.25, -0.2) is 4.39 Å². The molecule has 9 heteroatoms. The predicted molar refractivity (Wildman–Crippen MR) is 87.3 cm³/mol. The van der Waals surface area contributed by atoms with Crippen molar-refractivity contribution in [2.75, 3.05) is 0 Å². The molecule has 1 unspecified atom stereocenters. The van der Waals surface area contributed by atoms with Crippen LogP contribution in [0.4, 0.5) is 17.6 Å². The number of hydrogen-bond acceptors (Lipinski definition) is 4. The van der Waals surface area contributed by atoms with Gasteiger partial charge in [0.2, 0.25) is 0 Å². The van der Waals surface area contributed by atoms with Crippen molar-refractivity contribution in [2.24, 2.45) is 5.16 Å². The Balaban J connectivity index is 1.60. The van der Waals surface area contributed by atoms with Crippen molar-refractivity contribution in [3.05, 3.63) is 71.0 Å². The lowest BCUT2D eigenvalue weighted by Gasteiger charge is -2.22. The third-order valence-electron chi connectivity index (χ3n) is 4.00. The Morgan fingerprint density at radius 3 is 2.33 bits per heavy atom. The van der Waals surface area contributed by atoms with Gasteiger partial charge < -0.3 is 15.3 Å². The van der Waals surface area contributed by atoms with Crippen LogP contribution in [-0.2, 0) is 11.4 Å². The van der Waals surface area contributed by atoms with E-state index in [1.807, 2.05) is 0 Å². The fraction of sp³-hybridized carbons (Fsp3) is 0.222. The number of carbonyl (C=O) groups is 1. The first-order chi connectivity index (χ1) is 12.7. The van der Waals surface area contributed by atoms with Crippen LogP contribution in [0.1, 0.15) is 27.9 Å². The predicted octanol–water partition coefficient (Wildman–Crippen LogP) is 3.13. The van der Waals surface area contributed by atoms with E-state index < -0.39 is 24.2 Å². The summed E-state index contributed by atoms with van der Waals surface area (Å²) in [6.45, 7) is 0.173. The van der Waals surface area contributed by atoms with Crippen LogP contribution < -0.4 is 5.32 Å². The maximum atomic E-state index is 12.9. The zero-order chi connectivity index (χ0) is 19.7. The average Bonchev–Trinajstić information content (AvgIpc) is 3.04. The third kappa shape index (κ3) is 4.08. The largest absolute Gasteiger partial charge is 0.458 e. The molecule has 0 aromatic heterocycles. The highest BCUT2D eigenvalue weighted by molar-refractivity contribution is 6.01. The minimum atomic E-state index is -4.96. The lowest BCUT2D eigenvalue weighted by molar-refractivity contribution is -0.355. The number of nitrogens with zero attached hydrogens (tertiary/aromatic N) is 1. The number of benzene rings is 2. The molecule has 1 atom stereocenters. The topological polar surface area (TPSA) is 70.9 Å². The van der Waals surface area contributed by atoms with Gasteiger partial charge in [0, 0.05) is 12.1 Å². The molecule has 2 aromatic carbocycles. The number of alkyl halides is 3. The second-order valence-electron chi connectivity index (χ2n) is 5.97. The summed E-state index contributed by atoms with van der Waals surface area (Å²) in [6, 6.07) is 11.3. The quantitative estimate of drug-likeness (QED) is 0.799. The smallest absolute Gasteiger partial charge is 0.350 e. The standard InChI is InChI=1S/C18H14F4N2O3/c19-14-7-5-13(6-8-14)16(25)23-10-11-1-3-12(4-2-11)15-9-17(26,27-24-15)18(20,21)22/h1-8,26H,9-10H2,(H,23,25). The highest BCUT2D eigenvalue weighted by atomic mass is 19.4. The molecule has 5 nitrogen and oxygen atoms in total. The molecule has 0 saturated heterocycles. The Kier molecular flexibility index (Phi) is 4.88. The molecule has 0 spiro atoms. The van der Waals surface area contributed by atoms with E-state index in [0.717, 1.165) is 0 Å². The van der Waals surface area contributed by atoms with Crippen LogP contribution in [0.5, 0.6) is 0 Å². The highest BCUT2D eigenvalue weighted by Crippen LogP contribution is 2.38. The van der Waals surface area contributed by atoms with E-state index in [4.69, 9.17) is 0 Å². The van der Waals surface area contributed by atoms with Gasteiger partial charge in [0.25, 0.3) is 5.91 Å². The molecule has 0 bridgehead atoms.